The third-order valence-corrected chi connectivity index (χ3v) is 2.93. The number of benzene rings is 2. The highest BCUT2D eigenvalue weighted by Crippen LogP contribution is 2.22. The van der Waals surface area contributed by atoms with Gasteiger partial charge in [0.15, 0.2) is 0 Å². The molecule has 0 saturated heterocycles. The van der Waals surface area contributed by atoms with Crippen LogP contribution in [-0.4, -0.2) is 4.98 Å². The summed E-state index contributed by atoms with van der Waals surface area (Å²) in [5, 5.41) is 1.87. The van der Waals surface area contributed by atoms with E-state index in [0.717, 1.165) is 27.2 Å². The SMILES string of the molecule is Clc1ccc(-c2ccc3cc[c]cc3n2)cc1. The van der Waals surface area contributed by atoms with E-state index in [0.29, 0.717) is 0 Å². The first-order chi connectivity index (χ1) is 8.33. The Kier molecular flexibility index (Phi) is 2.54. The van der Waals surface area contributed by atoms with Gasteiger partial charge in [-0.1, -0.05) is 41.9 Å². The number of aromatic nitrogens is 1. The summed E-state index contributed by atoms with van der Waals surface area (Å²) < 4.78 is 0. The summed E-state index contributed by atoms with van der Waals surface area (Å²) in [7, 11) is 0. The lowest BCUT2D eigenvalue weighted by Gasteiger charge is -2.03. The van der Waals surface area contributed by atoms with Crippen molar-refractivity contribution in [2.75, 3.05) is 0 Å². The van der Waals surface area contributed by atoms with Crippen LogP contribution in [0.5, 0.6) is 0 Å². The van der Waals surface area contributed by atoms with Crippen LogP contribution in [0.4, 0.5) is 0 Å². The van der Waals surface area contributed by atoms with E-state index in [2.05, 4.69) is 17.1 Å². The Bertz CT molecular complexity index is 659. The second-order valence-electron chi connectivity index (χ2n) is 3.82. The molecule has 1 radical (unpaired) electrons. The number of hydrogen-bond acceptors (Lipinski definition) is 1. The fourth-order valence-corrected chi connectivity index (χ4v) is 1.91. The highest BCUT2D eigenvalue weighted by atomic mass is 35.5. The average Bonchev–Trinajstić information content (AvgIpc) is 2.39. The molecule has 0 unspecified atom stereocenters. The lowest BCUT2D eigenvalue weighted by Crippen LogP contribution is -1.84. The summed E-state index contributed by atoms with van der Waals surface area (Å²) in [4.78, 5) is 4.60. The minimum Gasteiger partial charge on any atom is -0.248 e. The minimum absolute atomic E-state index is 0.739. The maximum absolute atomic E-state index is 5.87. The van der Waals surface area contributed by atoms with Gasteiger partial charge in [0.2, 0.25) is 0 Å². The molecule has 0 aliphatic carbocycles. The summed E-state index contributed by atoms with van der Waals surface area (Å²) >= 11 is 5.87. The third kappa shape index (κ3) is 2.02. The van der Waals surface area contributed by atoms with Crippen molar-refractivity contribution in [2.24, 2.45) is 0 Å². The van der Waals surface area contributed by atoms with Crippen LogP contribution in [-0.2, 0) is 0 Å². The molecule has 2 aromatic carbocycles. The van der Waals surface area contributed by atoms with E-state index in [9.17, 15) is 0 Å². The Balaban J connectivity index is 2.14. The molecule has 1 heterocycles. The zero-order chi connectivity index (χ0) is 11.7. The van der Waals surface area contributed by atoms with E-state index in [1.54, 1.807) is 0 Å². The van der Waals surface area contributed by atoms with E-state index < -0.39 is 0 Å². The molecule has 81 valence electrons. The van der Waals surface area contributed by atoms with Crippen LogP contribution >= 0.6 is 11.6 Å². The Morgan fingerprint density at radius 3 is 2.59 bits per heavy atom. The van der Waals surface area contributed by atoms with Crippen LogP contribution in [0.15, 0.2) is 54.6 Å². The Hall–Kier alpha value is -1.86. The molecule has 0 fully saturated rings. The topological polar surface area (TPSA) is 12.9 Å². The molecule has 0 aliphatic heterocycles. The van der Waals surface area contributed by atoms with Gasteiger partial charge in [0.1, 0.15) is 0 Å². The predicted octanol–water partition coefficient (Wildman–Crippen LogP) is 4.36. The van der Waals surface area contributed by atoms with Gasteiger partial charge >= 0.3 is 0 Å². The molecule has 0 atom stereocenters. The lowest BCUT2D eigenvalue weighted by molar-refractivity contribution is 1.40. The normalized spacial score (nSPS) is 10.6. The van der Waals surface area contributed by atoms with Crippen molar-refractivity contribution in [2.45, 2.75) is 0 Å². The van der Waals surface area contributed by atoms with Crippen molar-refractivity contribution in [3.8, 4) is 11.3 Å². The van der Waals surface area contributed by atoms with Gasteiger partial charge < -0.3 is 0 Å². The molecule has 0 saturated carbocycles. The fraction of sp³-hybridized carbons (Fsp3) is 0. The first kappa shape index (κ1) is 10.3. The smallest absolute Gasteiger partial charge is 0.0715 e. The lowest BCUT2D eigenvalue weighted by atomic mass is 10.1. The molecule has 3 aromatic rings. The summed E-state index contributed by atoms with van der Waals surface area (Å²) in [6, 6.07) is 20.6. The molecule has 0 amide bonds. The summed E-state index contributed by atoms with van der Waals surface area (Å²) in [5.74, 6) is 0. The van der Waals surface area contributed by atoms with E-state index in [-0.39, 0.29) is 0 Å². The average molecular weight is 239 g/mol. The molecule has 0 N–H and O–H groups in total. The predicted molar refractivity (Wildman–Crippen MR) is 71.0 cm³/mol. The molecule has 0 bridgehead atoms. The van der Waals surface area contributed by atoms with Crippen molar-refractivity contribution in [3.05, 3.63) is 65.7 Å². The highest BCUT2D eigenvalue weighted by molar-refractivity contribution is 6.30. The van der Waals surface area contributed by atoms with E-state index in [1.165, 1.54) is 0 Å². The second-order valence-corrected chi connectivity index (χ2v) is 4.26. The van der Waals surface area contributed by atoms with Gasteiger partial charge in [-0.05, 0) is 30.3 Å². The molecular weight excluding hydrogens is 230 g/mol. The standard InChI is InChI=1S/C15H9ClN/c16-13-8-5-12(6-9-13)15-10-7-11-3-1-2-4-14(11)17-15/h1,3-10H. The van der Waals surface area contributed by atoms with Gasteiger partial charge in [0.05, 0.1) is 11.2 Å². The zero-order valence-electron chi connectivity index (χ0n) is 9.02. The quantitative estimate of drug-likeness (QED) is 0.614. The number of rotatable bonds is 1. The van der Waals surface area contributed by atoms with E-state index in [1.807, 2.05) is 48.5 Å². The van der Waals surface area contributed by atoms with Crippen LogP contribution in [0.3, 0.4) is 0 Å². The largest absolute Gasteiger partial charge is 0.248 e. The zero-order valence-corrected chi connectivity index (χ0v) is 9.78. The van der Waals surface area contributed by atoms with E-state index in [4.69, 9.17) is 11.6 Å². The van der Waals surface area contributed by atoms with E-state index >= 15 is 0 Å². The summed E-state index contributed by atoms with van der Waals surface area (Å²) in [6.45, 7) is 0. The third-order valence-electron chi connectivity index (χ3n) is 2.68. The molecule has 0 spiro atoms. The summed E-state index contributed by atoms with van der Waals surface area (Å²) in [6.07, 6.45) is 0. The van der Waals surface area contributed by atoms with Crippen molar-refractivity contribution in [3.63, 3.8) is 0 Å². The van der Waals surface area contributed by atoms with Crippen LogP contribution in [0.25, 0.3) is 22.2 Å². The Morgan fingerprint density at radius 1 is 0.941 bits per heavy atom. The molecule has 1 nitrogen and oxygen atoms in total. The maximum atomic E-state index is 5.87. The van der Waals surface area contributed by atoms with Gasteiger partial charge in [-0.25, -0.2) is 4.98 Å². The maximum Gasteiger partial charge on any atom is 0.0715 e. The van der Waals surface area contributed by atoms with Crippen LogP contribution < -0.4 is 0 Å². The number of nitrogens with zero attached hydrogens (tertiary/aromatic N) is 1. The first-order valence-corrected chi connectivity index (χ1v) is 5.73. The van der Waals surface area contributed by atoms with Gasteiger partial charge in [0, 0.05) is 16.0 Å². The van der Waals surface area contributed by atoms with Crippen LogP contribution in [0.2, 0.25) is 5.02 Å². The Morgan fingerprint density at radius 2 is 1.76 bits per heavy atom. The minimum atomic E-state index is 0.739. The monoisotopic (exact) mass is 238 g/mol. The summed E-state index contributed by atoms with van der Waals surface area (Å²) in [5.41, 5.74) is 2.98. The Labute approximate surface area is 105 Å². The molecule has 17 heavy (non-hydrogen) atoms. The second kappa shape index (κ2) is 4.19. The van der Waals surface area contributed by atoms with Crippen LogP contribution in [0, 0.1) is 6.07 Å². The van der Waals surface area contributed by atoms with Crippen molar-refractivity contribution in [1.82, 2.24) is 4.98 Å². The molecule has 0 aliphatic rings. The van der Waals surface area contributed by atoms with Gasteiger partial charge in [0.25, 0.3) is 0 Å². The fourth-order valence-electron chi connectivity index (χ4n) is 1.79. The molecular formula is C15H9ClN. The first-order valence-electron chi connectivity index (χ1n) is 5.36. The molecule has 1 aromatic heterocycles. The molecule has 3 rings (SSSR count). The highest BCUT2D eigenvalue weighted by Gasteiger charge is 2.00. The van der Waals surface area contributed by atoms with Gasteiger partial charge in [-0.3, -0.25) is 0 Å². The van der Waals surface area contributed by atoms with Gasteiger partial charge in [-0.15, -0.1) is 0 Å². The van der Waals surface area contributed by atoms with Crippen molar-refractivity contribution < 1.29 is 0 Å². The van der Waals surface area contributed by atoms with Crippen molar-refractivity contribution in [1.29, 1.82) is 0 Å². The number of hydrogen-bond donors (Lipinski definition) is 0. The number of halogens is 1. The number of pyridine rings is 1. The molecule has 2 heteroatoms. The van der Waals surface area contributed by atoms with Crippen molar-refractivity contribution >= 4 is 22.5 Å². The number of fused-ring (bicyclic) bond motifs is 1. The van der Waals surface area contributed by atoms with Gasteiger partial charge in [-0.2, -0.15) is 0 Å². The van der Waals surface area contributed by atoms with Crippen LogP contribution in [0.1, 0.15) is 0 Å².